The van der Waals surface area contributed by atoms with Gasteiger partial charge >= 0.3 is 29.6 Å². The van der Waals surface area contributed by atoms with Crippen molar-refractivity contribution in [2.24, 2.45) is 0 Å². The van der Waals surface area contributed by atoms with Crippen LogP contribution in [0, 0.1) is 0 Å². The molecule has 0 heterocycles. The first kappa shape index (κ1) is 28.9. The molecule has 0 aliphatic heterocycles. The SMILES string of the molecule is CCCCCCCc1ccc(OC(C)(C)S(=O)(=O)[O-])cc1CCCCCCC.[Na+]. The van der Waals surface area contributed by atoms with Gasteiger partial charge in [0.1, 0.15) is 15.9 Å². The molecule has 0 radical (unpaired) electrons. The Labute approximate surface area is 201 Å². The van der Waals surface area contributed by atoms with Crippen molar-refractivity contribution in [1.29, 1.82) is 0 Å². The number of benzene rings is 1. The first-order valence-electron chi connectivity index (χ1n) is 11.0. The van der Waals surface area contributed by atoms with Crippen molar-refractivity contribution < 1.29 is 47.3 Å². The number of hydrogen-bond acceptors (Lipinski definition) is 4. The normalized spacial score (nSPS) is 11.9. The van der Waals surface area contributed by atoms with Gasteiger partial charge in [-0.05, 0) is 62.8 Å². The summed E-state index contributed by atoms with van der Waals surface area (Å²) >= 11 is 0. The fourth-order valence-corrected chi connectivity index (χ4v) is 3.51. The molecule has 0 spiro atoms. The molecule has 0 aliphatic carbocycles. The number of aryl methyl sites for hydroxylation is 2. The van der Waals surface area contributed by atoms with Crippen LogP contribution in [0.2, 0.25) is 0 Å². The minimum Gasteiger partial charge on any atom is -0.745 e. The zero-order valence-electron chi connectivity index (χ0n) is 19.3. The summed E-state index contributed by atoms with van der Waals surface area (Å²) in [5.74, 6) is 0.461. The Morgan fingerprint density at radius 1 is 0.828 bits per heavy atom. The number of unbranched alkanes of at least 4 members (excludes halogenated alkanes) is 8. The predicted molar refractivity (Wildman–Crippen MR) is 116 cm³/mol. The van der Waals surface area contributed by atoms with Crippen LogP contribution in [-0.4, -0.2) is 17.9 Å². The van der Waals surface area contributed by atoms with E-state index in [1.54, 1.807) is 6.07 Å². The average Bonchev–Trinajstić information content (AvgIpc) is 2.61. The van der Waals surface area contributed by atoms with Gasteiger partial charge in [0.15, 0.2) is 4.93 Å². The quantitative estimate of drug-likeness (QED) is 0.241. The van der Waals surface area contributed by atoms with Crippen molar-refractivity contribution >= 4 is 10.1 Å². The second-order valence-electron chi connectivity index (χ2n) is 8.21. The van der Waals surface area contributed by atoms with Crippen LogP contribution in [0.5, 0.6) is 5.75 Å². The van der Waals surface area contributed by atoms with E-state index in [1.807, 2.05) is 12.1 Å². The number of hydrogen-bond donors (Lipinski definition) is 0. The van der Waals surface area contributed by atoms with Crippen LogP contribution in [0.25, 0.3) is 0 Å². The summed E-state index contributed by atoms with van der Waals surface area (Å²) in [4.78, 5) is -1.77. The predicted octanol–water partition coefficient (Wildman–Crippen LogP) is 3.38. The molecule has 0 saturated carbocycles. The van der Waals surface area contributed by atoms with Crippen LogP contribution >= 0.6 is 0 Å². The van der Waals surface area contributed by atoms with Crippen LogP contribution in [0.3, 0.4) is 0 Å². The molecule has 0 bridgehead atoms. The van der Waals surface area contributed by atoms with Gasteiger partial charge in [-0.3, -0.25) is 0 Å². The second-order valence-corrected chi connectivity index (χ2v) is 10.1. The topological polar surface area (TPSA) is 66.4 Å². The summed E-state index contributed by atoms with van der Waals surface area (Å²) in [6, 6.07) is 5.78. The molecule has 0 atom stereocenters. The van der Waals surface area contributed by atoms with Gasteiger partial charge in [0, 0.05) is 0 Å². The van der Waals surface area contributed by atoms with Gasteiger partial charge in [0.2, 0.25) is 0 Å². The number of ether oxygens (including phenoxy) is 1. The zero-order chi connectivity index (χ0) is 21.0. The number of rotatable bonds is 15. The molecule has 0 saturated heterocycles. The first-order valence-corrected chi connectivity index (χ1v) is 12.4. The maximum Gasteiger partial charge on any atom is 1.00 e. The molecule has 0 unspecified atom stereocenters. The Hall–Kier alpha value is -0.0700. The van der Waals surface area contributed by atoms with E-state index in [2.05, 4.69) is 13.8 Å². The summed E-state index contributed by atoms with van der Waals surface area (Å²) in [6.07, 6.45) is 14.3. The van der Waals surface area contributed by atoms with Gasteiger partial charge in [-0.15, -0.1) is 0 Å². The van der Waals surface area contributed by atoms with Crippen molar-refractivity contribution in [2.45, 2.75) is 110 Å². The average molecular weight is 435 g/mol. The fraction of sp³-hybridized carbons (Fsp3) is 0.739. The Kier molecular flexibility index (Phi) is 14.8. The van der Waals surface area contributed by atoms with Gasteiger partial charge in [-0.1, -0.05) is 71.3 Å². The van der Waals surface area contributed by atoms with Crippen LogP contribution in [0.1, 0.15) is 103 Å². The molecule has 1 rings (SSSR count). The van der Waals surface area contributed by atoms with Crippen molar-refractivity contribution in [3.05, 3.63) is 29.3 Å². The van der Waals surface area contributed by atoms with E-state index in [1.165, 1.54) is 82.8 Å². The summed E-state index contributed by atoms with van der Waals surface area (Å²) in [5.41, 5.74) is 2.55. The van der Waals surface area contributed by atoms with Gasteiger partial charge in [0.05, 0.1) is 0 Å². The molecule has 1 aromatic carbocycles. The standard InChI is InChI=1S/C23H40O4S.Na/c1-5-7-9-11-13-15-20-17-18-22(27-23(3,4)28(24,25)26)19-21(20)16-14-12-10-8-6-2;/h17-19H,5-16H2,1-4H3,(H,24,25,26);/q;+1/p-1. The molecule has 29 heavy (non-hydrogen) atoms. The monoisotopic (exact) mass is 434 g/mol. The molecule has 1 aromatic rings. The van der Waals surface area contributed by atoms with Crippen molar-refractivity contribution in [1.82, 2.24) is 0 Å². The largest absolute Gasteiger partial charge is 1.00 e. The molecular formula is C23H39NaO4S. The minimum atomic E-state index is -4.55. The summed E-state index contributed by atoms with van der Waals surface area (Å²) < 4.78 is 39.9. The second kappa shape index (κ2) is 14.9. The van der Waals surface area contributed by atoms with E-state index >= 15 is 0 Å². The third-order valence-electron chi connectivity index (χ3n) is 5.24. The van der Waals surface area contributed by atoms with Crippen LogP contribution in [0.15, 0.2) is 18.2 Å². The molecular weight excluding hydrogens is 395 g/mol. The van der Waals surface area contributed by atoms with Gasteiger partial charge < -0.3 is 9.29 Å². The summed E-state index contributed by atoms with van der Waals surface area (Å²) in [6.45, 7) is 7.05. The Bertz CT molecular complexity index is 671. The molecule has 0 N–H and O–H groups in total. The van der Waals surface area contributed by atoms with E-state index in [0.717, 1.165) is 19.3 Å². The van der Waals surface area contributed by atoms with Gasteiger partial charge in [-0.2, -0.15) is 0 Å². The molecule has 0 aromatic heterocycles. The van der Waals surface area contributed by atoms with Crippen LogP contribution in [0.4, 0.5) is 0 Å². The van der Waals surface area contributed by atoms with E-state index in [0.29, 0.717) is 5.75 Å². The van der Waals surface area contributed by atoms with E-state index < -0.39 is 15.1 Å². The third kappa shape index (κ3) is 11.2. The molecule has 0 amide bonds. The molecule has 4 nitrogen and oxygen atoms in total. The molecule has 0 fully saturated rings. The first-order chi connectivity index (χ1) is 13.2. The van der Waals surface area contributed by atoms with Crippen molar-refractivity contribution in [3.8, 4) is 5.75 Å². The van der Waals surface area contributed by atoms with E-state index in [9.17, 15) is 13.0 Å². The maximum absolute atomic E-state index is 11.4. The van der Waals surface area contributed by atoms with Crippen molar-refractivity contribution in [3.63, 3.8) is 0 Å². The Balaban J connectivity index is 0.00000784. The maximum atomic E-state index is 11.4. The third-order valence-corrected chi connectivity index (χ3v) is 6.53. The van der Waals surface area contributed by atoms with Crippen LogP contribution < -0.4 is 34.3 Å². The fourth-order valence-electron chi connectivity index (χ4n) is 3.32. The molecule has 162 valence electrons. The Morgan fingerprint density at radius 3 is 1.79 bits per heavy atom. The summed E-state index contributed by atoms with van der Waals surface area (Å²) in [7, 11) is -4.55. The molecule has 6 heteroatoms. The van der Waals surface area contributed by atoms with Crippen LogP contribution in [-0.2, 0) is 23.0 Å². The van der Waals surface area contributed by atoms with E-state index in [-0.39, 0.29) is 29.6 Å². The van der Waals surface area contributed by atoms with Crippen molar-refractivity contribution in [2.75, 3.05) is 0 Å². The summed E-state index contributed by atoms with van der Waals surface area (Å²) in [5, 5.41) is 0. The Morgan fingerprint density at radius 2 is 1.31 bits per heavy atom. The van der Waals surface area contributed by atoms with E-state index in [4.69, 9.17) is 4.74 Å². The molecule has 0 aliphatic rings. The van der Waals surface area contributed by atoms with Gasteiger partial charge in [0.25, 0.3) is 0 Å². The van der Waals surface area contributed by atoms with Gasteiger partial charge in [-0.25, -0.2) is 8.42 Å². The smallest absolute Gasteiger partial charge is 0.745 e. The minimum absolute atomic E-state index is 0. The zero-order valence-corrected chi connectivity index (χ0v) is 22.1.